The number of benzene rings is 1. The molecule has 0 bridgehead atoms. The van der Waals surface area contributed by atoms with Crippen LogP contribution < -0.4 is 5.32 Å². The molecule has 1 aromatic carbocycles. The van der Waals surface area contributed by atoms with Crippen molar-refractivity contribution in [3.05, 3.63) is 33.7 Å². The maximum atomic E-state index is 13.9. The lowest BCUT2D eigenvalue weighted by Crippen LogP contribution is -2.03. The highest BCUT2D eigenvalue weighted by Gasteiger charge is 2.27. The van der Waals surface area contributed by atoms with E-state index < -0.39 is 5.82 Å². The first-order valence-electron chi connectivity index (χ1n) is 6.83. The van der Waals surface area contributed by atoms with Gasteiger partial charge < -0.3 is 5.32 Å². The summed E-state index contributed by atoms with van der Waals surface area (Å²) in [6, 6.07) is 3.55. The van der Waals surface area contributed by atoms with Crippen LogP contribution in [0.3, 0.4) is 0 Å². The standard InChI is InChI=1S/C15H15Cl2FN2/c1-2-5-19-11-7-10(8-3-4-8)20-12-6-9(16)15(18)14(17)13(11)12/h6-8H,2-5H2,1H3,(H,19,20). The SMILES string of the molecule is CCCNc1cc(C2CC2)nc2cc(Cl)c(F)c(Cl)c12. The fourth-order valence-electron chi connectivity index (χ4n) is 2.31. The lowest BCUT2D eigenvalue weighted by molar-refractivity contribution is 0.630. The Kier molecular flexibility index (Phi) is 3.74. The third-order valence-electron chi connectivity index (χ3n) is 3.51. The Bertz CT molecular complexity index is 669. The Hall–Kier alpha value is -1.06. The van der Waals surface area contributed by atoms with Crippen LogP contribution in [0.5, 0.6) is 0 Å². The van der Waals surface area contributed by atoms with E-state index in [-0.39, 0.29) is 10.0 Å². The first kappa shape index (κ1) is 13.9. The number of hydrogen-bond acceptors (Lipinski definition) is 2. The van der Waals surface area contributed by atoms with E-state index >= 15 is 0 Å². The molecule has 0 unspecified atom stereocenters. The number of halogens is 3. The monoisotopic (exact) mass is 312 g/mol. The van der Waals surface area contributed by atoms with E-state index in [9.17, 15) is 4.39 Å². The number of hydrogen-bond donors (Lipinski definition) is 1. The van der Waals surface area contributed by atoms with Crippen LogP contribution in [-0.4, -0.2) is 11.5 Å². The molecule has 0 radical (unpaired) electrons. The molecule has 0 atom stereocenters. The summed E-state index contributed by atoms with van der Waals surface area (Å²) in [6.45, 7) is 2.89. The van der Waals surface area contributed by atoms with Gasteiger partial charge in [0, 0.05) is 29.2 Å². The van der Waals surface area contributed by atoms with Crippen LogP contribution >= 0.6 is 23.2 Å². The van der Waals surface area contributed by atoms with Crippen molar-refractivity contribution in [2.75, 3.05) is 11.9 Å². The quantitative estimate of drug-likeness (QED) is 0.767. The van der Waals surface area contributed by atoms with Gasteiger partial charge in [-0.3, -0.25) is 4.98 Å². The molecular formula is C15H15Cl2FN2. The average molecular weight is 313 g/mol. The third-order valence-corrected chi connectivity index (χ3v) is 4.14. The molecule has 1 saturated carbocycles. The Morgan fingerprint density at radius 1 is 1.35 bits per heavy atom. The Balaban J connectivity index is 2.22. The highest BCUT2D eigenvalue weighted by molar-refractivity contribution is 6.39. The van der Waals surface area contributed by atoms with Crippen molar-refractivity contribution >= 4 is 39.8 Å². The topological polar surface area (TPSA) is 24.9 Å². The predicted molar refractivity (Wildman–Crippen MR) is 82.5 cm³/mol. The zero-order valence-corrected chi connectivity index (χ0v) is 12.7. The predicted octanol–water partition coefficient (Wildman–Crippen LogP) is 5.38. The van der Waals surface area contributed by atoms with Crippen LogP contribution in [0.2, 0.25) is 10.0 Å². The lowest BCUT2D eigenvalue weighted by atomic mass is 10.1. The molecule has 3 rings (SSSR count). The number of pyridine rings is 1. The summed E-state index contributed by atoms with van der Waals surface area (Å²) in [5.41, 5.74) is 2.54. The number of anilines is 1. The smallest absolute Gasteiger partial charge is 0.161 e. The van der Waals surface area contributed by atoms with Crippen LogP contribution in [0, 0.1) is 5.82 Å². The van der Waals surface area contributed by atoms with E-state index in [1.54, 1.807) is 6.07 Å². The molecule has 0 aliphatic heterocycles. The van der Waals surface area contributed by atoms with Gasteiger partial charge in [-0.05, 0) is 31.4 Å². The van der Waals surface area contributed by atoms with Crippen molar-refractivity contribution in [3.8, 4) is 0 Å². The molecule has 0 spiro atoms. The number of nitrogens with zero attached hydrogens (tertiary/aromatic N) is 1. The minimum atomic E-state index is -0.582. The van der Waals surface area contributed by atoms with Gasteiger partial charge in [-0.1, -0.05) is 30.1 Å². The highest BCUT2D eigenvalue weighted by atomic mass is 35.5. The van der Waals surface area contributed by atoms with Gasteiger partial charge >= 0.3 is 0 Å². The van der Waals surface area contributed by atoms with E-state index in [1.807, 2.05) is 6.07 Å². The summed E-state index contributed by atoms with van der Waals surface area (Å²) >= 11 is 12.0. The molecule has 0 saturated heterocycles. The number of rotatable bonds is 4. The van der Waals surface area contributed by atoms with Gasteiger partial charge in [0.25, 0.3) is 0 Å². The van der Waals surface area contributed by atoms with Gasteiger partial charge in [0.05, 0.1) is 15.6 Å². The Morgan fingerprint density at radius 2 is 2.10 bits per heavy atom. The molecule has 1 aromatic heterocycles. The molecule has 2 aromatic rings. The van der Waals surface area contributed by atoms with Gasteiger partial charge in [0.2, 0.25) is 0 Å². The van der Waals surface area contributed by atoms with Crippen LogP contribution in [0.1, 0.15) is 37.8 Å². The molecule has 1 aliphatic rings. The van der Waals surface area contributed by atoms with Crippen molar-refractivity contribution in [1.82, 2.24) is 4.98 Å². The largest absolute Gasteiger partial charge is 0.384 e. The molecule has 20 heavy (non-hydrogen) atoms. The highest BCUT2D eigenvalue weighted by Crippen LogP contribution is 2.43. The van der Waals surface area contributed by atoms with Crippen LogP contribution in [-0.2, 0) is 0 Å². The zero-order chi connectivity index (χ0) is 14.3. The fourth-order valence-corrected chi connectivity index (χ4v) is 2.85. The molecule has 1 N–H and O–H groups in total. The molecule has 1 aliphatic carbocycles. The molecule has 5 heteroatoms. The maximum absolute atomic E-state index is 13.9. The zero-order valence-electron chi connectivity index (χ0n) is 11.1. The van der Waals surface area contributed by atoms with E-state index in [4.69, 9.17) is 23.2 Å². The first-order valence-corrected chi connectivity index (χ1v) is 7.59. The van der Waals surface area contributed by atoms with Crippen molar-refractivity contribution < 1.29 is 4.39 Å². The van der Waals surface area contributed by atoms with E-state index in [0.29, 0.717) is 16.8 Å². The number of aromatic nitrogens is 1. The van der Waals surface area contributed by atoms with Crippen LogP contribution in [0.25, 0.3) is 10.9 Å². The van der Waals surface area contributed by atoms with E-state index in [2.05, 4.69) is 17.2 Å². The normalized spacial score (nSPS) is 14.8. The summed E-state index contributed by atoms with van der Waals surface area (Å²) in [5.74, 6) is -0.0643. The van der Waals surface area contributed by atoms with Gasteiger partial charge in [0.15, 0.2) is 5.82 Å². The van der Waals surface area contributed by atoms with E-state index in [0.717, 1.165) is 37.2 Å². The lowest BCUT2D eigenvalue weighted by Gasteiger charge is -2.13. The fraction of sp³-hybridized carbons (Fsp3) is 0.400. The summed E-state index contributed by atoms with van der Waals surface area (Å²) in [5, 5.41) is 3.99. The minimum Gasteiger partial charge on any atom is -0.384 e. The van der Waals surface area contributed by atoms with Crippen molar-refractivity contribution in [3.63, 3.8) is 0 Å². The molecule has 1 heterocycles. The van der Waals surface area contributed by atoms with Crippen LogP contribution in [0.4, 0.5) is 10.1 Å². The second-order valence-corrected chi connectivity index (χ2v) is 5.96. The van der Waals surface area contributed by atoms with Crippen molar-refractivity contribution in [2.24, 2.45) is 0 Å². The number of nitrogens with one attached hydrogen (secondary N) is 1. The van der Waals surface area contributed by atoms with E-state index in [1.165, 1.54) is 0 Å². The summed E-state index contributed by atoms with van der Waals surface area (Å²) in [4.78, 5) is 4.59. The molecule has 1 fully saturated rings. The molecule has 106 valence electrons. The molecular weight excluding hydrogens is 298 g/mol. The molecule has 0 amide bonds. The second kappa shape index (κ2) is 5.38. The first-order chi connectivity index (χ1) is 9.61. The second-order valence-electron chi connectivity index (χ2n) is 5.18. The van der Waals surface area contributed by atoms with Gasteiger partial charge in [-0.15, -0.1) is 0 Å². The summed E-state index contributed by atoms with van der Waals surface area (Å²) in [6.07, 6.45) is 3.30. The number of fused-ring (bicyclic) bond motifs is 1. The van der Waals surface area contributed by atoms with Crippen molar-refractivity contribution in [1.29, 1.82) is 0 Å². The summed E-state index contributed by atoms with van der Waals surface area (Å²) in [7, 11) is 0. The van der Waals surface area contributed by atoms with Crippen LogP contribution in [0.15, 0.2) is 12.1 Å². The van der Waals surface area contributed by atoms with Gasteiger partial charge in [0.1, 0.15) is 0 Å². The Morgan fingerprint density at radius 3 is 2.75 bits per heavy atom. The minimum absolute atomic E-state index is 0.0180. The maximum Gasteiger partial charge on any atom is 0.161 e. The Labute approximate surface area is 127 Å². The van der Waals surface area contributed by atoms with Crippen molar-refractivity contribution in [2.45, 2.75) is 32.1 Å². The average Bonchev–Trinajstić information content (AvgIpc) is 3.26. The van der Waals surface area contributed by atoms with Gasteiger partial charge in [-0.25, -0.2) is 4.39 Å². The summed E-state index contributed by atoms with van der Waals surface area (Å²) < 4.78 is 13.9. The van der Waals surface area contributed by atoms with Gasteiger partial charge in [-0.2, -0.15) is 0 Å². The molecule has 2 nitrogen and oxygen atoms in total. The third kappa shape index (κ3) is 2.45.